The Morgan fingerprint density at radius 2 is 2.14 bits per heavy atom. The Kier molecular flexibility index (Phi) is 6.87. The van der Waals surface area contributed by atoms with E-state index in [1.807, 2.05) is 0 Å². The van der Waals surface area contributed by atoms with Crippen LogP contribution >= 0.6 is 0 Å². The predicted molar refractivity (Wildman–Crippen MR) is 101 cm³/mol. The smallest absolute Gasteiger partial charge is 0.260 e. The molecule has 4 N–H and O–H groups in total. The number of pyridine rings is 1. The molecule has 0 saturated carbocycles. The molecule has 0 spiro atoms. The van der Waals surface area contributed by atoms with Crippen molar-refractivity contribution in [1.29, 1.82) is 0 Å². The van der Waals surface area contributed by atoms with E-state index >= 15 is 0 Å². The van der Waals surface area contributed by atoms with Crippen molar-refractivity contribution >= 4 is 23.0 Å². The number of nitrogens with two attached hydrogens (primary N) is 1. The topological polar surface area (TPSA) is 124 Å². The maximum absolute atomic E-state index is 14.5. The normalized spacial score (nSPS) is 23.6. The van der Waals surface area contributed by atoms with Gasteiger partial charge in [-0.25, -0.2) is 9.37 Å². The van der Waals surface area contributed by atoms with Crippen molar-refractivity contribution in [2.45, 2.75) is 18.6 Å². The number of rotatable bonds is 6. The number of fused-ring (bicyclic) bond motifs is 1. The summed E-state index contributed by atoms with van der Waals surface area (Å²) in [6.07, 6.45) is 2.23. The molecule has 152 valence electrons. The van der Waals surface area contributed by atoms with E-state index in [1.165, 1.54) is 27.3 Å². The summed E-state index contributed by atoms with van der Waals surface area (Å²) >= 11 is 0. The lowest BCUT2D eigenvalue weighted by Gasteiger charge is -2.21. The van der Waals surface area contributed by atoms with E-state index in [0.29, 0.717) is 23.0 Å². The number of carbonyl (C=O) groups is 2. The zero-order valence-electron chi connectivity index (χ0n) is 15.9. The molecule has 1 fully saturated rings. The number of hydrogen-bond donors (Lipinski definition) is 3. The number of aliphatic hydroxyl groups excluding tert-OH is 1. The minimum absolute atomic E-state index is 0.0115. The van der Waals surface area contributed by atoms with Crippen LogP contribution in [0.5, 0.6) is 11.6 Å². The molecular weight excluding hydrogens is 369 g/mol. The fraction of sp³-hybridized carbons (Fsp3) is 0.421. The van der Waals surface area contributed by atoms with Gasteiger partial charge in [-0.05, 0) is 30.6 Å². The first kappa shape index (κ1) is 21.5. The van der Waals surface area contributed by atoms with Crippen LogP contribution in [0.25, 0.3) is 10.8 Å². The molecule has 0 bridgehead atoms. The van der Waals surface area contributed by atoms with E-state index in [0.717, 1.165) is 5.39 Å². The molecule has 8 nitrogen and oxygen atoms in total. The number of hydrogen-bond acceptors (Lipinski definition) is 7. The fourth-order valence-corrected chi connectivity index (χ4v) is 3.09. The standard InChI is InChI=1S/C18H19FN2O5.CH5N/c1-10-14(21-17(24)18(10,19)9-23)8-26-16-13-6-15(25-2)12(7-22)5-11(13)3-4-20-16;1-2/h3-7,10,14,23H,8-9H2,1-2H3,(H,21,24);2H2,1H3/t10?,14?,18-;/m0./s1. The highest BCUT2D eigenvalue weighted by Gasteiger charge is 2.53. The Bertz CT molecular complexity index is 863. The molecule has 0 radical (unpaired) electrons. The molecule has 0 aliphatic carbocycles. The number of methoxy groups -OCH3 is 1. The summed E-state index contributed by atoms with van der Waals surface area (Å²) in [6, 6.07) is 4.43. The van der Waals surface area contributed by atoms with Crippen LogP contribution in [0.3, 0.4) is 0 Å². The van der Waals surface area contributed by atoms with Crippen LogP contribution in [0.2, 0.25) is 0 Å². The van der Waals surface area contributed by atoms with Gasteiger partial charge < -0.3 is 25.6 Å². The van der Waals surface area contributed by atoms with Gasteiger partial charge in [0, 0.05) is 17.5 Å². The number of ether oxygens (including phenoxy) is 2. The number of carbonyl (C=O) groups excluding carboxylic acids is 2. The molecule has 3 rings (SSSR count). The number of aromatic nitrogens is 1. The zero-order chi connectivity index (χ0) is 20.9. The second kappa shape index (κ2) is 8.94. The first-order valence-electron chi connectivity index (χ1n) is 8.67. The van der Waals surface area contributed by atoms with E-state index < -0.39 is 30.1 Å². The van der Waals surface area contributed by atoms with E-state index in [4.69, 9.17) is 9.47 Å². The van der Waals surface area contributed by atoms with Gasteiger partial charge >= 0.3 is 0 Å². The summed E-state index contributed by atoms with van der Waals surface area (Å²) < 4.78 is 25.4. The molecule has 28 heavy (non-hydrogen) atoms. The number of aldehydes is 1. The maximum atomic E-state index is 14.5. The van der Waals surface area contributed by atoms with Gasteiger partial charge in [0.1, 0.15) is 12.4 Å². The average molecular weight is 393 g/mol. The fourth-order valence-electron chi connectivity index (χ4n) is 3.09. The molecule has 1 aromatic carbocycles. The van der Waals surface area contributed by atoms with Gasteiger partial charge in [0.15, 0.2) is 6.29 Å². The highest BCUT2D eigenvalue weighted by molar-refractivity contribution is 5.94. The number of nitrogens with zero attached hydrogens (tertiary/aromatic N) is 1. The molecule has 1 aromatic heterocycles. The van der Waals surface area contributed by atoms with E-state index in [1.54, 1.807) is 18.2 Å². The average Bonchev–Trinajstić information content (AvgIpc) is 2.96. The maximum Gasteiger partial charge on any atom is 0.260 e. The largest absolute Gasteiger partial charge is 0.496 e. The minimum Gasteiger partial charge on any atom is -0.496 e. The van der Waals surface area contributed by atoms with Gasteiger partial charge in [-0.2, -0.15) is 0 Å². The molecule has 1 saturated heterocycles. The molecule has 2 unspecified atom stereocenters. The molecule has 1 aliphatic rings. The number of amides is 1. The zero-order valence-corrected chi connectivity index (χ0v) is 15.9. The van der Waals surface area contributed by atoms with Crippen LogP contribution in [0.1, 0.15) is 17.3 Å². The first-order valence-corrected chi connectivity index (χ1v) is 8.67. The summed E-state index contributed by atoms with van der Waals surface area (Å²) in [6.45, 7) is 0.648. The Balaban J connectivity index is 0.00000136. The van der Waals surface area contributed by atoms with Crippen LogP contribution in [-0.4, -0.2) is 61.4 Å². The number of alkyl halides is 1. The monoisotopic (exact) mass is 393 g/mol. The second-order valence-electron chi connectivity index (χ2n) is 6.25. The highest BCUT2D eigenvalue weighted by Crippen LogP contribution is 2.33. The van der Waals surface area contributed by atoms with Gasteiger partial charge in [-0.15, -0.1) is 0 Å². The molecule has 2 aromatic rings. The van der Waals surface area contributed by atoms with E-state index in [2.05, 4.69) is 16.0 Å². The first-order chi connectivity index (χ1) is 13.4. The molecule has 1 aliphatic heterocycles. The SMILES string of the molecule is CN.COc1cc2c(OCC3NC(=O)[C@](F)(CO)C3C)nccc2cc1C=O. The van der Waals surface area contributed by atoms with Crippen molar-refractivity contribution in [3.8, 4) is 11.6 Å². The van der Waals surface area contributed by atoms with Crippen molar-refractivity contribution in [3.05, 3.63) is 30.0 Å². The lowest BCUT2D eigenvalue weighted by molar-refractivity contribution is -0.133. The van der Waals surface area contributed by atoms with Crippen molar-refractivity contribution in [1.82, 2.24) is 10.3 Å². The third-order valence-corrected chi connectivity index (χ3v) is 4.85. The summed E-state index contributed by atoms with van der Waals surface area (Å²) in [7, 11) is 2.95. The third kappa shape index (κ3) is 3.76. The number of nitrogens with one attached hydrogen (secondary N) is 1. The summed E-state index contributed by atoms with van der Waals surface area (Å²) in [5.74, 6) is -0.938. The van der Waals surface area contributed by atoms with Gasteiger partial charge in [0.05, 0.1) is 25.3 Å². The van der Waals surface area contributed by atoms with Crippen LogP contribution in [0.4, 0.5) is 4.39 Å². The molecule has 1 amide bonds. The summed E-state index contributed by atoms with van der Waals surface area (Å²) in [5.41, 5.74) is 2.58. The number of halogens is 1. The van der Waals surface area contributed by atoms with Gasteiger partial charge in [-0.3, -0.25) is 9.59 Å². The number of benzene rings is 1. The molecule has 9 heteroatoms. The number of aliphatic hydroxyl groups is 1. The van der Waals surface area contributed by atoms with E-state index in [-0.39, 0.29) is 12.5 Å². The third-order valence-electron chi connectivity index (χ3n) is 4.85. The van der Waals surface area contributed by atoms with Crippen molar-refractivity contribution in [2.75, 3.05) is 27.4 Å². The minimum atomic E-state index is -2.32. The lowest BCUT2D eigenvalue weighted by atomic mass is 9.90. The highest BCUT2D eigenvalue weighted by atomic mass is 19.1. The van der Waals surface area contributed by atoms with Crippen LogP contribution < -0.4 is 20.5 Å². The predicted octanol–water partition coefficient (Wildman–Crippen LogP) is 0.845. The van der Waals surface area contributed by atoms with Gasteiger partial charge in [0.2, 0.25) is 11.5 Å². The van der Waals surface area contributed by atoms with E-state index in [9.17, 15) is 19.1 Å². The van der Waals surface area contributed by atoms with Crippen LogP contribution in [0.15, 0.2) is 24.4 Å². The summed E-state index contributed by atoms with van der Waals surface area (Å²) in [5, 5.41) is 13.1. The molecular formula is C19H24FN3O5. The van der Waals surface area contributed by atoms with Crippen molar-refractivity contribution < 1.29 is 28.6 Å². The Morgan fingerprint density at radius 3 is 2.71 bits per heavy atom. The Morgan fingerprint density at radius 1 is 1.43 bits per heavy atom. The molecule has 3 atom stereocenters. The van der Waals surface area contributed by atoms with Gasteiger partial charge in [0.25, 0.3) is 5.91 Å². The van der Waals surface area contributed by atoms with Crippen molar-refractivity contribution in [3.63, 3.8) is 0 Å². The van der Waals surface area contributed by atoms with Gasteiger partial charge in [-0.1, -0.05) is 6.92 Å². The second-order valence-corrected chi connectivity index (χ2v) is 6.25. The summed E-state index contributed by atoms with van der Waals surface area (Å²) in [4.78, 5) is 27.1. The molecule has 2 heterocycles. The Hall–Kier alpha value is -2.78. The Labute approximate surface area is 161 Å². The van der Waals surface area contributed by atoms with Crippen LogP contribution in [-0.2, 0) is 4.79 Å². The van der Waals surface area contributed by atoms with Crippen molar-refractivity contribution in [2.24, 2.45) is 11.7 Å². The lowest BCUT2D eigenvalue weighted by Crippen LogP contribution is -2.40. The quantitative estimate of drug-likeness (QED) is 0.622. The van der Waals surface area contributed by atoms with Crippen LogP contribution in [0, 0.1) is 5.92 Å².